The molecule has 0 fully saturated rings. The van der Waals surface area contributed by atoms with Crippen molar-refractivity contribution in [3.8, 4) is 39.3 Å². The monoisotopic (exact) mass is 573 g/mol. The van der Waals surface area contributed by atoms with E-state index in [9.17, 15) is 0 Å². The van der Waals surface area contributed by atoms with E-state index >= 15 is 0 Å². The molecule has 0 radical (unpaired) electrons. The quantitative estimate of drug-likeness (QED) is 0.155. The van der Waals surface area contributed by atoms with Gasteiger partial charge in [-0.2, -0.15) is 0 Å². The summed E-state index contributed by atoms with van der Waals surface area (Å²) in [6.45, 7) is 0. The molecule has 0 spiro atoms. The smallest absolute Gasteiger partial charge is 0.145 e. The fraction of sp³-hybridized carbons (Fsp3) is 0. The van der Waals surface area contributed by atoms with Crippen LogP contribution in [0.25, 0.3) is 82.8 Å². The Morgan fingerprint density at radius 1 is 0.400 bits per heavy atom. The summed E-state index contributed by atoms with van der Waals surface area (Å²) in [5, 5.41) is 5.99. The molecule has 9 aromatic rings. The van der Waals surface area contributed by atoms with Crippen LogP contribution in [0.1, 0.15) is 0 Å². The Kier molecular flexibility index (Phi) is 5.82. The highest BCUT2D eigenvalue weighted by molar-refractivity contribution is 6.27. The minimum Gasteiger partial charge on any atom is -0.292 e. The van der Waals surface area contributed by atoms with Gasteiger partial charge in [0.2, 0.25) is 0 Å². The first-order chi connectivity index (χ1) is 22.3. The minimum absolute atomic E-state index is 0.927. The largest absolute Gasteiger partial charge is 0.292 e. The van der Waals surface area contributed by atoms with E-state index in [0.717, 1.165) is 50.0 Å². The van der Waals surface area contributed by atoms with Crippen LogP contribution in [0.5, 0.6) is 0 Å². The maximum atomic E-state index is 5.09. The van der Waals surface area contributed by atoms with Crippen LogP contribution in [0, 0.1) is 0 Å². The Bertz CT molecular complexity index is 2510. The molecule has 0 bridgehead atoms. The number of hydrogen-bond donors (Lipinski definition) is 0. The van der Waals surface area contributed by atoms with Crippen LogP contribution in [0.2, 0.25) is 0 Å². The molecule has 9 rings (SSSR count). The Hall–Kier alpha value is -6.06. The Balaban J connectivity index is 1.31. The summed E-state index contributed by atoms with van der Waals surface area (Å²) >= 11 is 0. The highest BCUT2D eigenvalue weighted by Gasteiger charge is 2.20. The summed E-state index contributed by atoms with van der Waals surface area (Å²) in [6, 6.07) is 55.7. The SMILES string of the molecule is c1ccc(-c2c3ccccc3c(-c3ccc(-c4nc5ccccc5n4-c4ccccc4)cc3)c3cnc4ccccc4c23)cc1. The van der Waals surface area contributed by atoms with E-state index in [4.69, 9.17) is 9.97 Å². The predicted molar refractivity (Wildman–Crippen MR) is 188 cm³/mol. The number of imidazole rings is 1. The summed E-state index contributed by atoms with van der Waals surface area (Å²) in [5.74, 6) is 0.927. The second-order valence-corrected chi connectivity index (χ2v) is 11.4. The number of pyridine rings is 1. The maximum absolute atomic E-state index is 5.09. The number of aromatic nitrogens is 3. The molecule has 0 amide bonds. The van der Waals surface area contributed by atoms with Gasteiger partial charge >= 0.3 is 0 Å². The van der Waals surface area contributed by atoms with Crippen molar-refractivity contribution in [2.75, 3.05) is 0 Å². The molecular formula is C42H27N3. The van der Waals surface area contributed by atoms with Crippen LogP contribution in [0.15, 0.2) is 164 Å². The lowest BCUT2D eigenvalue weighted by molar-refractivity contribution is 1.10. The van der Waals surface area contributed by atoms with Crippen molar-refractivity contribution in [1.82, 2.24) is 14.5 Å². The lowest BCUT2D eigenvalue weighted by Gasteiger charge is -2.19. The van der Waals surface area contributed by atoms with Gasteiger partial charge in [0, 0.05) is 33.6 Å². The topological polar surface area (TPSA) is 30.7 Å². The van der Waals surface area contributed by atoms with Gasteiger partial charge in [-0.3, -0.25) is 9.55 Å². The standard InChI is InChI=1S/C42H27N3/c1-3-13-28(14-4-1)40-33-18-8-7-17-32(33)39(35-27-43-36-20-10-9-19-34(36)41(35)40)29-23-25-30(26-24-29)42-44-37-21-11-12-22-38(37)45(42)31-15-5-2-6-16-31/h1-27H. The third kappa shape index (κ3) is 4.05. The molecule has 3 nitrogen and oxygen atoms in total. The van der Waals surface area contributed by atoms with Crippen LogP contribution >= 0.6 is 0 Å². The molecule has 3 heteroatoms. The van der Waals surface area contributed by atoms with Gasteiger partial charge in [0.05, 0.1) is 16.6 Å². The van der Waals surface area contributed by atoms with Crippen molar-refractivity contribution in [2.24, 2.45) is 0 Å². The van der Waals surface area contributed by atoms with Crippen molar-refractivity contribution in [2.45, 2.75) is 0 Å². The molecule has 2 aromatic heterocycles. The van der Waals surface area contributed by atoms with Gasteiger partial charge in [-0.05, 0) is 63.4 Å². The Morgan fingerprint density at radius 2 is 0.956 bits per heavy atom. The zero-order valence-electron chi connectivity index (χ0n) is 24.4. The lowest BCUT2D eigenvalue weighted by atomic mass is 9.85. The third-order valence-corrected chi connectivity index (χ3v) is 8.83. The van der Waals surface area contributed by atoms with Crippen molar-refractivity contribution in [3.63, 3.8) is 0 Å². The average Bonchev–Trinajstić information content (AvgIpc) is 3.51. The van der Waals surface area contributed by atoms with Gasteiger partial charge in [-0.25, -0.2) is 4.98 Å². The maximum Gasteiger partial charge on any atom is 0.145 e. The summed E-state index contributed by atoms with van der Waals surface area (Å²) in [6.07, 6.45) is 2.06. The van der Waals surface area contributed by atoms with Gasteiger partial charge in [0.25, 0.3) is 0 Å². The molecule has 7 aromatic carbocycles. The summed E-state index contributed by atoms with van der Waals surface area (Å²) in [5.41, 5.74) is 10.0. The van der Waals surface area contributed by atoms with Gasteiger partial charge < -0.3 is 0 Å². The average molecular weight is 574 g/mol. The molecule has 2 heterocycles. The van der Waals surface area contributed by atoms with Crippen LogP contribution in [0.3, 0.4) is 0 Å². The van der Waals surface area contributed by atoms with Crippen LogP contribution < -0.4 is 0 Å². The van der Waals surface area contributed by atoms with E-state index in [1.54, 1.807) is 0 Å². The normalized spacial score (nSPS) is 11.6. The number of fused-ring (bicyclic) bond motifs is 5. The van der Waals surface area contributed by atoms with E-state index in [2.05, 4.69) is 156 Å². The molecule has 45 heavy (non-hydrogen) atoms. The molecule has 0 aliphatic carbocycles. The number of hydrogen-bond acceptors (Lipinski definition) is 2. The van der Waals surface area contributed by atoms with Crippen molar-refractivity contribution in [1.29, 1.82) is 0 Å². The lowest BCUT2D eigenvalue weighted by Crippen LogP contribution is -1.97. The van der Waals surface area contributed by atoms with Gasteiger partial charge in [-0.15, -0.1) is 0 Å². The van der Waals surface area contributed by atoms with Gasteiger partial charge in [0.15, 0.2) is 0 Å². The van der Waals surface area contributed by atoms with Gasteiger partial charge in [-0.1, -0.05) is 127 Å². The Labute approximate surface area is 260 Å². The molecular weight excluding hydrogens is 546 g/mol. The molecule has 210 valence electrons. The number of rotatable bonds is 4. The van der Waals surface area contributed by atoms with Gasteiger partial charge in [0.1, 0.15) is 5.82 Å². The first kappa shape index (κ1) is 25.4. The van der Waals surface area contributed by atoms with E-state index in [1.807, 2.05) is 12.1 Å². The number of benzene rings is 7. The van der Waals surface area contributed by atoms with Crippen molar-refractivity contribution in [3.05, 3.63) is 164 Å². The van der Waals surface area contributed by atoms with Crippen LogP contribution in [-0.2, 0) is 0 Å². The van der Waals surface area contributed by atoms with E-state index in [1.165, 1.54) is 32.8 Å². The molecule has 0 saturated heterocycles. The molecule has 0 aliphatic rings. The van der Waals surface area contributed by atoms with E-state index < -0.39 is 0 Å². The first-order valence-electron chi connectivity index (χ1n) is 15.3. The second-order valence-electron chi connectivity index (χ2n) is 11.4. The fourth-order valence-electron chi connectivity index (χ4n) is 6.86. The van der Waals surface area contributed by atoms with E-state index in [0.29, 0.717) is 0 Å². The fourth-order valence-corrected chi connectivity index (χ4v) is 6.86. The highest BCUT2D eigenvalue weighted by atomic mass is 15.1. The summed E-state index contributed by atoms with van der Waals surface area (Å²) in [7, 11) is 0. The molecule has 0 aliphatic heterocycles. The molecule has 0 saturated carbocycles. The number of para-hydroxylation sites is 4. The predicted octanol–water partition coefficient (Wildman–Crippen LogP) is 10.9. The second kappa shape index (κ2) is 10.3. The molecule has 0 unspecified atom stereocenters. The first-order valence-corrected chi connectivity index (χ1v) is 15.3. The minimum atomic E-state index is 0.927. The van der Waals surface area contributed by atoms with Crippen molar-refractivity contribution >= 4 is 43.5 Å². The van der Waals surface area contributed by atoms with Crippen molar-refractivity contribution < 1.29 is 0 Å². The third-order valence-electron chi connectivity index (χ3n) is 8.83. The molecule has 0 atom stereocenters. The van der Waals surface area contributed by atoms with E-state index in [-0.39, 0.29) is 0 Å². The van der Waals surface area contributed by atoms with Crippen LogP contribution in [-0.4, -0.2) is 14.5 Å². The number of nitrogens with zero attached hydrogens (tertiary/aromatic N) is 3. The zero-order valence-corrected chi connectivity index (χ0v) is 24.4. The van der Waals surface area contributed by atoms with Crippen LogP contribution in [0.4, 0.5) is 0 Å². The molecule has 0 N–H and O–H groups in total. The highest BCUT2D eigenvalue weighted by Crippen LogP contribution is 2.45. The Morgan fingerprint density at radius 3 is 1.71 bits per heavy atom. The summed E-state index contributed by atoms with van der Waals surface area (Å²) in [4.78, 5) is 10.1. The zero-order chi connectivity index (χ0) is 29.7. The summed E-state index contributed by atoms with van der Waals surface area (Å²) < 4.78 is 2.25.